The highest BCUT2D eigenvalue weighted by molar-refractivity contribution is 9.10. The summed E-state index contributed by atoms with van der Waals surface area (Å²) in [5.74, 6) is 0.481. The van der Waals surface area contributed by atoms with Gasteiger partial charge in [0.15, 0.2) is 5.11 Å². The van der Waals surface area contributed by atoms with E-state index in [0.717, 1.165) is 26.7 Å². The second kappa shape index (κ2) is 9.59. The van der Waals surface area contributed by atoms with E-state index in [2.05, 4.69) is 119 Å². The number of rotatable bonds is 5. The second-order valence-electron chi connectivity index (χ2n) is 9.38. The molecule has 1 saturated heterocycles. The Morgan fingerprint density at radius 2 is 1.63 bits per heavy atom. The summed E-state index contributed by atoms with van der Waals surface area (Å²) in [6, 6.07) is 25.5. The molecule has 1 N–H and O–H groups in total. The van der Waals surface area contributed by atoms with Crippen LogP contribution >= 0.6 is 28.1 Å². The summed E-state index contributed by atoms with van der Waals surface area (Å²) in [5, 5.41) is 4.31. The zero-order valence-electron chi connectivity index (χ0n) is 20.4. The average Bonchev–Trinajstić information content (AvgIpc) is 3.35. The van der Waals surface area contributed by atoms with Gasteiger partial charge in [-0.1, -0.05) is 48.0 Å². The fraction of sp³-hybridized carbons (Fsp3) is 0.241. The smallest absolute Gasteiger partial charge is 0.174 e. The molecule has 4 aromatic rings. The van der Waals surface area contributed by atoms with Gasteiger partial charge in [-0.05, 0) is 97.7 Å². The highest BCUT2D eigenvalue weighted by atomic mass is 79.9. The van der Waals surface area contributed by atoms with Crippen LogP contribution in [0.4, 0.5) is 5.69 Å². The first-order valence-electron chi connectivity index (χ1n) is 11.9. The molecule has 0 spiro atoms. The molecule has 5 rings (SSSR count). The molecule has 1 fully saturated rings. The van der Waals surface area contributed by atoms with E-state index in [9.17, 15) is 0 Å². The van der Waals surface area contributed by atoms with Gasteiger partial charge < -0.3 is 14.8 Å². The van der Waals surface area contributed by atoms with Crippen LogP contribution in [0.5, 0.6) is 0 Å². The lowest BCUT2D eigenvalue weighted by molar-refractivity contribution is 0.565. The van der Waals surface area contributed by atoms with Crippen molar-refractivity contribution in [2.75, 3.05) is 4.90 Å². The zero-order chi connectivity index (χ0) is 24.7. The minimum atomic E-state index is -0.0626. The Morgan fingerprint density at radius 1 is 0.943 bits per heavy atom. The molecule has 2 aromatic carbocycles. The van der Waals surface area contributed by atoms with Crippen molar-refractivity contribution in [3.05, 3.63) is 112 Å². The van der Waals surface area contributed by atoms with Gasteiger partial charge in [0.05, 0.1) is 17.8 Å². The van der Waals surface area contributed by atoms with Gasteiger partial charge in [0.25, 0.3) is 0 Å². The van der Waals surface area contributed by atoms with Gasteiger partial charge in [0.2, 0.25) is 0 Å². The van der Waals surface area contributed by atoms with Gasteiger partial charge in [-0.25, -0.2) is 0 Å². The van der Waals surface area contributed by atoms with Crippen LogP contribution in [-0.2, 0) is 0 Å². The van der Waals surface area contributed by atoms with Crippen LogP contribution in [0.1, 0.15) is 60.1 Å². The summed E-state index contributed by atoms with van der Waals surface area (Å²) in [4.78, 5) is 6.96. The van der Waals surface area contributed by atoms with Crippen molar-refractivity contribution in [2.45, 2.75) is 45.7 Å². The number of nitrogens with zero attached hydrogens (tertiary/aromatic N) is 3. The van der Waals surface area contributed by atoms with Crippen LogP contribution < -0.4 is 10.2 Å². The lowest BCUT2D eigenvalue weighted by Gasteiger charge is -2.28. The van der Waals surface area contributed by atoms with Crippen molar-refractivity contribution in [1.82, 2.24) is 14.9 Å². The number of hydrogen-bond donors (Lipinski definition) is 1. The molecule has 0 bridgehead atoms. The number of benzene rings is 2. The molecule has 1 aliphatic rings. The monoisotopic (exact) mass is 544 g/mol. The van der Waals surface area contributed by atoms with E-state index in [-0.39, 0.29) is 12.1 Å². The fourth-order valence-electron chi connectivity index (χ4n) is 5.04. The van der Waals surface area contributed by atoms with Crippen LogP contribution in [-0.4, -0.2) is 14.7 Å². The molecule has 35 heavy (non-hydrogen) atoms. The van der Waals surface area contributed by atoms with Crippen molar-refractivity contribution < 1.29 is 0 Å². The first-order valence-corrected chi connectivity index (χ1v) is 13.1. The van der Waals surface area contributed by atoms with Crippen molar-refractivity contribution in [3.63, 3.8) is 0 Å². The van der Waals surface area contributed by atoms with Gasteiger partial charge >= 0.3 is 0 Å². The third-order valence-corrected chi connectivity index (χ3v) is 7.65. The third kappa shape index (κ3) is 4.41. The SMILES string of the molecule is Cc1cc(C2C(c3ccccn3)NC(=S)N2c2ccc(C(C)C)cc2)c(C)n1-c1ccc(Br)cc1. The van der Waals surface area contributed by atoms with E-state index in [4.69, 9.17) is 17.2 Å². The molecule has 1 aliphatic heterocycles. The van der Waals surface area contributed by atoms with Crippen LogP contribution in [0, 0.1) is 13.8 Å². The number of halogens is 1. The van der Waals surface area contributed by atoms with Crippen LogP contribution in [0.15, 0.2) is 83.5 Å². The molecule has 0 saturated carbocycles. The molecule has 0 radical (unpaired) electrons. The van der Waals surface area contributed by atoms with Crippen LogP contribution in [0.3, 0.4) is 0 Å². The average molecular weight is 546 g/mol. The number of pyridine rings is 1. The Hall–Kier alpha value is -2.96. The summed E-state index contributed by atoms with van der Waals surface area (Å²) < 4.78 is 3.39. The molecular weight excluding hydrogens is 516 g/mol. The van der Waals surface area contributed by atoms with E-state index in [1.165, 1.54) is 22.5 Å². The van der Waals surface area contributed by atoms with Crippen molar-refractivity contribution in [3.8, 4) is 5.69 Å². The topological polar surface area (TPSA) is 33.1 Å². The minimum Gasteiger partial charge on any atom is -0.351 e. The molecule has 2 atom stereocenters. The molecule has 0 aliphatic carbocycles. The first kappa shape index (κ1) is 23.8. The van der Waals surface area contributed by atoms with Gasteiger partial charge in [0, 0.05) is 33.4 Å². The van der Waals surface area contributed by atoms with Crippen LogP contribution in [0.25, 0.3) is 5.69 Å². The van der Waals surface area contributed by atoms with E-state index in [0.29, 0.717) is 5.92 Å². The lowest BCUT2D eigenvalue weighted by Crippen LogP contribution is -2.29. The lowest BCUT2D eigenvalue weighted by atomic mass is 9.96. The standard InChI is InChI=1S/C29H29BrN4S/c1-18(2)21-8-12-24(13-9-21)34-28(27(32-29(34)35)26-7-5-6-16-31-26)25-17-19(3)33(20(25)4)23-14-10-22(30)11-15-23/h5-18,27-28H,1-4H3,(H,32,35). The Kier molecular flexibility index (Phi) is 6.51. The predicted octanol–water partition coefficient (Wildman–Crippen LogP) is 7.55. The van der Waals surface area contributed by atoms with E-state index >= 15 is 0 Å². The maximum Gasteiger partial charge on any atom is 0.174 e. The molecule has 0 amide bonds. The van der Waals surface area contributed by atoms with Gasteiger partial charge in [0.1, 0.15) is 0 Å². The highest BCUT2D eigenvalue weighted by Crippen LogP contribution is 2.44. The van der Waals surface area contributed by atoms with E-state index in [1.54, 1.807) is 0 Å². The Balaban J connectivity index is 1.65. The van der Waals surface area contributed by atoms with Crippen molar-refractivity contribution in [1.29, 1.82) is 0 Å². The molecule has 6 heteroatoms. The fourth-order valence-corrected chi connectivity index (χ4v) is 5.65. The van der Waals surface area contributed by atoms with Crippen molar-refractivity contribution >= 4 is 38.9 Å². The molecule has 2 unspecified atom stereocenters. The second-order valence-corrected chi connectivity index (χ2v) is 10.7. The van der Waals surface area contributed by atoms with E-state index < -0.39 is 0 Å². The Morgan fingerprint density at radius 3 is 2.26 bits per heavy atom. The van der Waals surface area contributed by atoms with Gasteiger partial charge in [-0.2, -0.15) is 0 Å². The zero-order valence-corrected chi connectivity index (χ0v) is 22.8. The normalized spacial score (nSPS) is 17.8. The number of nitrogens with one attached hydrogen (secondary N) is 1. The summed E-state index contributed by atoms with van der Waals surface area (Å²) in [5.41, 5.74) is 8.15. The number of aryl methyl sites for hydroxylation is 1. The van der Waals surface area contributed by atoms with Gasteiger partial charge in [-0.15, -0.1) is 0 Å². The quantitative estimate of drug-likeness (QED) is 0.263. The van der Waals surface area contributed by atoms with Crippen molar-refractivity contribution in [2.24, 2.45) is 0 Å². The number of aromatic nitrogens is 2. The minimum absolute atomic E-state index is 0.0299. The number of anilines is 1. The molecule has 3 heterocycles. The third-order valence-electron chi connectivity index (χ3n) is 6.81. The highest BCUT2D eigenvalue weighted by Gasteiger charge is 2.42. The summed E-state index contributed by atoms with van der Waals surface area (Å²) in [7, 11) is 0. The Labute approximate surface area is 221 Å². The molecule has 4 nitrogen and oxygen atoms in total. The number of thiocarbonyl (C=S) groups is 1. The molecule has 178 valence electrons. The molecule has 2 aromatic heterocycles. The predicted molar refractivity (Wildman–Crippen MR) is 151 cm³/mol. The van der Waals surface area contributed by atoms with Gasteiger partial charge in [-0.3, -0.25) is 4.98 Å². The largest absolute Gasteiger partial charge is 0.351 e. The maximum absolute atomic E-state index is 5.93. The summed E-state index contributed by atoms with van der Waals surface area (Å²) in [6.07, 6.45) is 1.85. The number of hydrogen-bond acceptors (Lipinski definition) is 2. The van der Waals surface area contributed by atoms with Crippen LogP contribution in [0.2, 0.25) is 0 Å². The molecular formula is C29H29BrN4S. The maximum atomic E-state index is 5.93. The Bertz CT molecular complexity index is 1340. The summed E-state index contributed by atoms with van der Waals surface area (Å²) in [6.45, 7) is 8.79. The summed E-state index contributed by atoms with van der Waals surface area (Å²) >= 11 is 9.48. The van der Waals surface area contributed by atoms with E-state index in [1.807, 2.05) is 18.3 Å². The first-order chi connectivity index (χ1) is 16.8.